The first kappa shape index (κ1) is 15.8. The molecule has 0 aliphatic rings. The standard InChI is InChI=1S/C12H18N2O3S2/c1-18-8-5-10(11(15)16)14-12(17)13-6-4-9-3-2-7-19-9/h2-3,7,10H,4-6,8H2,1H3,(H,15,16)(H2,13,14,17)/t10-/m0/s1. The molecule has 0 saturated carbocycles. The average Bonchev–Trinajstić information content (AvgIpc) is 2.87. The first-order chi connectivity index (χ1) is 9.13. The highest BCUT2D eigenvalue weighted by molar-refractivity contribution is 7.98. The van der Waals surface area contributed by atoms with E-state index in [2.05, 4.69) is 10.6 Å². The van der Waals surface area contributed by atoms with Gasteiger partial charge in [-0.1, -0.05) is 6.07 Å². The van der Waals surface area contributed by atoms with Crippen LogP contribution >= 0.6 is 23.1 Å². The van der Waals surface area contributed by atoms with Gasteiger partial charge in [-0.05, 0) is 36.3 Å². The molecule has 0 aromatic carbocycles. The topological polar surface area (TPSA) is 78.4 Å². The molecule has 19 heavy (non-hydrogen) atoms. The molecule has 7 heteroatoms. The van der Waals surface area contributed by atoms with Crippen LogP contribution in [0.5, 0.6) is 0 Å². The van der Waals surface area contributed by atoms with Crippen LogP contribution in [0.25, 0.3) is 0 Å². The van der Waals surface area contributed by atoms with Crippen LogP contribution < -0.4 is 10.6 Å². The fourth-order valence-corrected chi connectivity index (χ4v) is 2.64. The molecule has 0 fully saturated rings. The summed E-state index contributed by atoms with van der Waals surface area (Å²) < 4.78 is 0. The van der Waals surface area contributed by atoms with E-state index < -0.39 is 18.0 Å². The summed E-state index contributed by atoms with van der Waals surface area (Å²) in [7, 11) is 0. The van der Waals surface area contributed by atoms with Gasteiger partial charge in [-0.25, -0.2) is 9.59 Å². The molecule has 106 valence electrons. The number of aliphatic carboxylic acids is 1. The van der Waals surface area contributed by atoms with Crippen LogP contribution in [0.2, 0.25) is 0 Å². The maximum atomic E-state index is 11.6. The van der Waals surface area contributed by atoms with Gasteiger partial charge in [-0.2, -0.15) is 11.8 Å². The van der Waals surface area contributed by atoms with Crippen LogP contribution in [0.15, 0.2) is 17.5 Å². The summed E-state index contributed by atoms with van der Waals surface area (Å²) in [6.07, 6.45) is 3.09. The summed E-state index contributed by atoms with van der Waals surface area (Å²) in [6, 6.07) is 2.71. The zero-order chi connectivity index (χ0) is 14.1. The summed E-state index contributed by atoms with van der Waals surface area (Å²) in [5.74, 6) is -0.297. The van der Waals surface area contributed by atoms with Crippen molar-refractivity contribution in [1.82, 2.24) is 10.6 Å². The molecule has 3 N–H and O–H groups in total. The fourth-order valence-electron chi connectivity index (χ4n) is 1.46. The lowest BCUT2D eigenvalue weighted by molar-refractivity contribution is -0.139. The lowest BCUT2D eigenvalue weighted by Crippen LogP contribution is -2.46. The van der Waals surface area contributed by atoms with Gasteiger partial charge >= 0.3 is 12.0 Å². The third-order valence-corrected chi connectivity index (χ3v) is 4.03. The van der Waals surface area contributed by atoms with Crippen molar-refractivity contribution in [2.24, 2.45) is 0 Å². The van der Waals surface area contributed by atoms with E-state index in [4.69, 9.17) is 5.11 Å². The third-order valence-electron chi connectivity index (χ3n) is 2.45. The number of urea groups is 1. The van der Waals surface area contributed by atoms with Gasteiger partial charge in [0.05, 0.1) is 0 Å². The second-order valence-electron chi connectivity index (χ2n) is 3.90. The Bertz CT molecular complexity index is 396. The number of nitrogens with one attached hydrogen (secondary N) is 2. The average molecular weight is 302 g/mol. The van der Waals surface area contributed by atoms with Gasteiger partial charge in [0.25, 0.3) is 0 Å². The Morgan fingerprint density at radius 3 is 2.89 bits per heavy atom. The van der Waals surface area contributed by atoms with Crippen molar-refractivity contribution in [3.63, 3.8) is 0 Å². The van der Waals surface area contributed by atoms with Crippen LogP contribution in [-0.2, 0) is 11.2 Å². The van der Waals surface area contributed by atoms with Gasteiger partial charge in [-0.15, -0.1) is 11.3 Å². The van der Waals surface area contributed by atoms with Crippen LogP contribution in [0.1, 0.15) is 11.3 Å². The van der Waals surface area contributed by atoms with Gasteiger partial charge < -0.3 is 15.7 Å². The quantitative estimate of drug-likeness (QED) is 0.684. The first-order valence-electron chi connectivity index (χ1n) is 5.92. The number of thiophene rings is 1. The number of carboxylic acid groups (broad SMARTS) is 1. The summed E-state index contributed by atoms with van der Waals surface area (Å²) in [6.45, 7) is 0.501. The Labute approximate surface area is 120 Å². The molecular formula is C12H18N2O3S2. The van der Waals surface area contributed by atoms with E-state index in [0.29, 0.717) is 18.7 Å². The molecule has 0 bridgehead atoms. The molecule has 1 heterocycles. The molecule has 0 aliphatic heterocycles. The maximum absolute atomic E-state index is 11.6. The van der Waals surface area contributed by atoms with E-state index in [-0.39, 0.29) is 0 Å². The molecule has 0 unspecified atom stereocenters. The molecule has 1 aromatic heterocycles. The van der Waals surface area contributed by atoms with E-state index in [1.165, 1.54) is 4.88 Å². The van der Waals surface area contributed by atoms with Crippen molar-refractivity contribution in [3.8, 4) is 0 Å². The van der Waals surface area contributed by atoms with Crippen molar-refractivity contribution in [2.75, 3.05) is 18.6 Å². The maximum Gasteiger partial charge on any atom is 0.326 e. The van der Waals surface area contributed by atoms with Crippen molar-refractivity contribution < 1.29 is 14.7 Å². The second kappa shape index (κ2) is 8.82. The zero-order valence-electron chi connectivity index (χ0n) is 10.7. The van der Waals surface area contributed by atoms with Crippen LogP contribution in [0.3, 0.4) is 0 Å². The van der Waals surface area contributed by atoms with Crippen molar-refractivity contribution in [1.29, 1.82) is 0 Å². The number of carbonyl (C=O) groups is 2. The number of hydrogen-bond donors (Lipinski definition) is 3. The van der Waals surface area contributed by atoms with Gasteiger partial charge in [0.15, 0.2) is 0 Å². The van der Waals surface area contributed by atoms with E-state index >= 15 is 0 Å². The highest BCUT2D eigenvalue weighted by Crippen LogP contribution is 2.08. The smallest absolute Gasteiger partial charge is 0.326 e. The molecule has 1 aromatic rings. The molecule has 0 saturated heterocycles. The van der Waals surface area contributed by atoms with Gasteiger partial charge in [0.2, 0.25) is 0 Å². The molecular weight excluding hydrogens is 284 g/mol. The monoisotopic (exact) mass is 302 g/mol. The minimum atomic E-state index is -0.998. The van der Waals surface area contributed by atoms with Crippen molar-refractivity contribution >= 4 is 35.1 Å². The molecule has 0 spiro atoms. The highest BCUT2D eigenvalue weighted by Gasteiger charge is 2.18. The SMILES string of the molecule is CSCC[C@H](NC(=O)NCCc1cccs1)C(=O)O. The normalized spacial score (nSPS) is 11.8. The molecule has 1 rings (SSSR count). The Hall–Kier alpha value is -1.21. The molecule has 2 amide bonds. The van der Waals surface area contributed by atoms with Gasteiger partial charge in [0.1, 0.15) is 6.04 Å². The van der Waals surface area contributed by atoms with Crippen molar-refractivity contribution in [2.45, 2.75) is 18.9 Å². The van der Waals surface area contributed by atoms with E-state index in [0.717, 1.165) is 6.42 Å². The number of amides is 2. The Morgan fingerprint density at radius 1 is 1.53 bits per heavy atom. The summed E-state index contributed by atoms with van der Waals surface area (Å²) in [5, 5.41) is 16.1. The van der Waals surface area contributed by atoms with Gasteiger partial charge in [0, 0.05) is 11.4 Å². The number of rotatable bonds is 8. The number of carbonyl (C=O) groups excluding carboxylic acids is 1. The number of carboxylic acids is 1. The van der Waals surface area contributed by atoms with Gasteiger partial charge in [-0.3, -0.25) is 0 Å². The summed E-state index contributed by atoms with van der Waals surface area (Å²) >= 11 is 3.19. The van der Waals surface area contributed by atoms with E-state index in [9.17, 15) is 9.59 Å². The van der Waals surface area contributed by atoms with Crippen molar-refractivity contribution in [3.05, 3.63) is 22.4 Å². The predicted molar refractivity (Wildman–Crippen MR) is 79.0 cm³/mol. The number of thioether (sulfide) groups is 1. The van der Waals surface area contributed by atoms with Crippen LogP contribution in [0.4, 0.5) is 4.79 Å². The first-order valence-corrected chi connectivity index (χ1v) is 8.19. The zero-order valence-corrected chi connectivity index (χ0v) is 12.4. The second-order valence-corrected chi connectivity index (χ2v) is 5.92. The molecule has 0 aliphatic carbocycles. The van der Waals surface area contributed by atoms with E-state index in [1.807, 2.05) is 23.8 Å². The lowest BCUT2D eigenvalue weighted by Gasteiger charge is -2.14. The summed E-state index contributed by atoms with van der Waals surface area (Å²) in [4.78, 5) is 23.7. The third kappa shape index (κ3) is 6.49. The van der Waals surface area contributed by atoms with Crippen LogP contribution in [0, 0.1) is 0 Å². The predicted octanol–water partition coefficient (Wildman–Crippen LogP) is 1.80. The minimum absolute atomic E-state index is 0.425. The number of hydrogen-bond acceptors (Lipinski definition) is 4. The summed E-state index contributed by atoms with van der Waals surface area (Å²) in [5.41, 5.74) is 0. The molecule has 5 nitrogen and oxygen atoms in total. The van der Waals surface area contributed by atoms with E-state index in [1.54, 1.807) is 23.1 Å². The Kier molecular flexibility index (Phi) is 7.35. The molecule has 1 atom stereocenters. The minimum Gasteiger partial charge on any atom is -0.480 e. The highest BCUT2D eigenvalue weighted by atomic mass is 32.2. The Morgan fingerprint density at radius 2 is 2.32 bits per heavy atom. The fraction of sp³-hybridized carbons (Fsp3) is 0.500. The largest absolute Gasteiger partial charge is 0.480 e. The Balaban J connectivity index is 2.25. The molecule has 0 radical (unpaired) electrons. The lowest BCUT2D eigenvalue weighted by atomic mass is 10.2. The van der Waals surface area contributed by atoms with Crippen LogP contribution in [-0.4, -0.2) is 41.7 Å².